The minimum atomic E-state index is 0.479. The highest BCUT2D eigenvalue weighted by Gasteiger charge is 2.39. The van der Waals surface area contributed by atoms with E-state index in [-0.39, 0.29) is 0 Å². The summed E-state index contributed by atoms with van der Waals surface area (Å²) in [6.45, 7) is 14.0. The maximum absolute atomic E-state index is 5.96. The average molecular weight is 268 g/mol. The van der Waals surface area contributed by atoms with Gasteiger partial charge in [-0.2, -0.15) is 0 Å². The lowest BCUT2D eigenvalue weighted by atomic mass is 9.75. The number of piperidine rings is 1. The van der Waals surface area contributed by atoms with E-state index in [0.29, 0.717) is 11.5 Å². The molecule has 2 aliphatic heterocycles. The van der Waals surface area contributed by atoms with Crippen molar-refractivity contribution in [2.24, 2.45) is 11.3 Å². The third kappa shape index (κ3) is 3.93. The van der Waals surface area contributed by atoms with Crippen molar-refractivity contribution < 1.29 is 4.74 Å². The Morgan fingerprint density at radius 2 is 2.26 bits per heavy atom. The molecular weight excluding hydrogens is 236 g/mol. The average Bonchev–Trinajstić information content (AvgIpc) is 2.87. The first-order valence-corrected chi connectivity index (χ1v) is 8.21. The third-order valence-corrected chi connectivity index (χ3v) is 5.06. The van der Waals surface area contributed by atoms with E-state index in [1.165, 1.54) is 45.4 Å². The molecule has 0 aliphatic carbocycles. The minimum absolute atomic E-state index is 0.479. The van der Waals surface area contributed by atoms with Gasteiger partial charge in [0, 0.05) is 26.2 Å². The molecule has 2 heterocycles. The van der Waals surface area contributed by atoms with Gasteiger partial charge in [-0.05, 0) is 50.1 Å². The normalized spacial score (nSPS) is 33.2. The van der Waals surface area contributed by atoms with Gasteiger partial charge in [-0.3, -0.25) is 0 Å². The molecule has 2 atom stereocenters. The van der Waals surface area contributed by atoms with Gasteiger partial charge in [0.05, 0.1) is 6.10 Å². The highest BCUT2D eigenvalue weighted by Crippen LogP contribution is 2.35. The highest BCUT2D eigenvalue weighted by molar-refractivity contribution is 4.93. The Labute approximate surface area is 119 Å². The summed E-state index contributed by atoms with van der Waals surface area (Å²) in [5.74, 6) is 0.763. The standard InChI is InChI=1S/C16H32N2O/c1-4-10-19-15-6-5-9-18(11-15)13-16(14(2)3)7-8-17-12-16/h14-15,17H,4-13H2,1-3H3. The number of ether oxygens (including phenoxy) is 1. The van der Waals surface area contributed by atoms with Crippen LogP contribution in [-0.2, 0) is 4.74 Å². The number of hydrogen-bond acceptors (Lipinski definition) is 3. The molecule has 2 aliphatic rings. The van der Waals surface area contributed by atoms with Gasteiger partial charge in [0.25, 0.3) is 0 Å². The van der Waals surface area contributed by atoms with Crippen LogP contribution in [0.15, 0.2) is 0 Å². The summed E-state index contributed by atoms with van der Waals surface area (Å²) in [5.41, 5.74) is 0.493. The second kappa shape index (κ2) is 7.05. The van der Waals surface area contributed by atoms with Crippen molar-refractivity contribution in [3.05, 3.63) is 0 Å². The van der Waals surface area contributed by atoms with E-state index in [1.54, 1.807) is 0 Å². The molecule has 0 saturated carbocycles. The summed E-state index contributed by atoms with van der Waals surface area (Å²) in [5, 5.41) is 3.57. The molecule has 0 spiro atoms. The fourth-order valence-corrected chi connectivity index (χ4v) is 3.60. The van der Waals surface area contributed by atoms with Gasteiger partial charge in [-0.15, -0.1) is 0 Å². The highest BCUT2D eigenvalue weighted by atomic mass is 16.5. The van der Waals surface area contributed by atoms with Crippen LogP contribution in [0.25, 0.3) is 0 Å². The molecule has 0 bridgehead atoms. The Balaban J connectivity index is 1.87. The van der Waals surface area contributed by atoms with Crippen molar-refractivity contribution in [3.8, 4) is 0 Å². The zero-order chi connectivity index (χ0) is 13.7. The van der Waals surface area contributed by atoms with Crippen molar-refractivity contribution >= 4 is 0 Å². The fraction of sp³-hybridized carbons (Fsp3) is 1.00. The lowest BCUT2D eigenvalue weighted by Crippen LogP contribution is -2.48. The Hall–Kier alpha value is -0.120. The third-order valence-electron chi connectivity index (χ3n) is 5.06. The number of rotatable bonds is 6. The summed E-state index contributed by atoms with van der Waals surface area (Å²) < 4.78 is 5.96. The molecule has 0 aromatic rings. The minimum Gasteiger partial charge on any atom is -0.377 e. The number of likely N-dealkylation sites (tertiary alicyclic amines) is 1. The Kier molecular flexibility index (Phi) is 5.67. The Morgan fingerprint density at radius 1 is 1.42 bits per heavy atom. The van der Waals surface area contributed by atoms with Gasteiger partial charge >= 0.3 is 0 Å². The SMILES string of the molecule is CCCOC1CCCN(CC2(C(C)C)CCNC2)C1. The van der Waals surface area contributed by atoms with Gasteiger partial charge in [-0.25, -0.2) is 0 Å². The molecule has 2 saturated heterocycles. The predicted octanol–water partition coefficient (Wildman–Crippen LogP) is 2.51. The van der Waals surface area contributed by atoms with Crippen LogP contribution in [-0.4, -0.2) is 50.3 Å². The van der Waals surface area contributed by atoms with Crippen LogP contribution >= 0.6 is 0 Å². The largest absolute Gasteiger partial charge is 0.377 e. The number of nitrogens with zero attached hydrogens (tertiary/aromatic N) is 1. The van der Waals surface area contributed by atoms with Gasteiger partial charge in [0.15, 0.2) is 0 Å². The molecule has 3 heteroatoms. The van der Waals surface area contributed by atoms with E-state index in [2.05, 4.69) is 31.0 Å². The topological polar surface area (TPSA) is 24.5 Å². The van der Waals surface area contributed by atoms with E-state index < -0.39 is 0 Å². The van der Waals surface area contributed by atoms with Gasteiger partial charge in [0.1, 0.15) is 0 Å². The molecule has 0 aromatic carbocycles. The molecule has 2 rings (SSSR count). The molecular formula is C16H32N2O. The van der Waals surface area contributed by atoms with Gasteiger partial charge in [-0.1, -0.05) is 20.8 Å². The molecule has 112 valence electrons. The Bertz CT molecular complexity index is 261. The zero-order valence-corrected chi connectivity index (χ0v) is 13.1. The Morgan fingerprint density at radius 3 is 2.89 bits per heavy atom. The molecule has 2 fully saturated rings. The molecule has 0 amide bonds. The van der Waals surface area contributed by atoms with Gasteiger partial charge in [0.2, 0.25) is 0 Å². The van der Waals surface area contributed by atoms with Crippen molar-refractivity contribution in [1.29, 1.82) is 0 Å². The first kappa shape index (κ1) is 15.3. The summed E-state index contributed by atoms with van der Waals surface area (Å²) in [7, 11) is 0. The van der Waals surface area contributed by atoms with Crippen molar-refractivity contribution in [2.45, 2.75) is 52.6 Å². The molecule has 3 nitrogen and oxygen atoms in total. The fourth-order valence-electron chi connectivity index (χ4n) is 3.60. The molecule has 2 unspecified atom stereocenters. The smallest absolute Gasteiger partial charge is 0.0702 e. The summed E-state index contributed by atoms with van der Waals surface area (Å²) in [6.07, 6.45) is 5.50. The first-order valence-electron chi connectivity index (χ1n) is 8.21. The molecule has 0 aromatic heterocycles. The van der Waals surface area contributed by atoms with Crippen LogP contribution in [0.3, 0.4) is 0 Å². The van der Waals surface area contributed by atoms with Crippen LogP contribution in [0.1, 0.15) is 46.5 Å². The van der Waals surface area contributed by atoms with E-state index in [0.717, 1.165) is 25.5 Å². The first-order chi connectivity index (χ1) is 9.16. The second-order valence-corrected chi connectivity index (χ2v) is 6.81. The van der Waals surface area contributed by atoms with Crippen LogP contribution in [0.2, 0.25) is 0 Å². The van der Waals surface area contributed by atoms with Crippen molar-refractivity contribution in [2.75, 3.05) is 39.3 Å². The van der Waals surface area contributed by atoms with E-state index >= 15 is 0 Å². The van der Waals surface area contributed by atoms with Crippen molar-refractivity contribution in [3.63, 3.8) is 0 Å². The maximum atomic E-state index is 5.96. The van der Waals surface area contributed by atoms with Crippen LogP contribution in [0.5, 0.6) is 0 Å². The molecule has 0 radical (unpaired) electrons. The molecule has 1 N–H and O–H groups in total. The van der Waals surface area contributed by atoms with E-state index in [4.69, 9.17) is 4.74 Å². The second-order valence-electron chi connectivity index (χ2n) is 6.81. The maximum Gasteiger partial charge on any atom is 0.0702 e. The monoisotopic (exact) mass is 268 g/mol. The lowest BCUT2D eigenvalue weighted by Gasteiger charge is -2.41. The van der Waals surface area contributed by atoms with Gasteiger partial charge < -0.3 is 15.0 Å². The predicted molar refractivity (Wildman–Crippen MR) is 80.5 cm³/mol. The van der Waals surface area contributed by atoms with Crippen LogP contribution in [0.4, 0.5) is 0 Å². The zero-order valence-electron chi connectivity index (χ0n) is 13.1. The van der Waals surface area contributed by atoms with Crippen molar-refractivity contribution in [1.82, 2.24) is 10.2 Å². The van der Waals surface area contributed by atoms with E-state index in [1.807, 2.05) is 0 Å². The lowest BCUT2D eigenvalue weighted by molar-refractivity contribution is -0.0151. The number of nitrogens with one attached hydrogen (secondary N) is 1. The summed E-state index contributed by atoms with van der Waals surface area (Å²) in [6, 6.07) is 0. The summed E-state index contributed by atoms with van der Waals surface area (Å²) >= 11 is 0. The number of hydrogen-bond donors (Lipinski definition) is 1. The molecule has 19 heavy (non-hydrogen) atoms. The van der Waals surface area contributed by atoms with Crippen LogP contribution < -0.4 is 5.32 Å². The van der Waals surface area contributed by atoms with E-state index in [9.17, 15) is 0 Å². The summed E-state index contributed by atoms with van der Waals surface area (Å²) in [4.78, 5) is 2.66. The van der Waals surface area contributed by atoms with Crippen LogP contribution in [0, 0.1) is 11.3 Å². The quantitative estimate of drug-likeness (QED) is 0.801.